The van der Waals surface area contributed by atoms with Gasteiger partial charge in [-0.2, -0.15) is 0 Å². The Balaban J connectivity index is -0.0000000833. The van der Waals surface area contributed by atoms with E-state index < -0.39 is 0 Å². The summed E-state index contributed by atoms with van der Waals surface area (Å²) in [7, 11) is 0. The standard InChI is InChI=1S/C4H5N.2O.Ti/c1-2-4-5-3-1;;;/h1-5H;;;/q;2*-2;+4. The molecule has 1 heterocycles. The summed E-state index contributed by atoms with van der Waals surface area (Å²) >= 11 is 0. The van der Waals surface area contributed by atoms with Gasteiger partial charge in [-0.05, 0) is 12.1 Å². The molecule has 1 rings (SSSR count). The third-order valence-electron chi connectivity index (χ3n) is 0.496. The largest absolute Gasteiger partial charge is 4.00 e. The van der Waals surface area contributed by atoms with Crippen molar-refractivity contribution in [3.8, 4) is 0 Å². The molecule has 0 spiro atoms. The summed E-state index contributed by atoms with van der Waals surface area (Å²) in [6, 6.07) is 3.89. The van der Waals surface area contributed by atoms with E-state index in [2.05, 4.69) is 4.98 Å². The van der Waals surface area contributed by atoms with Gasteiger partial charge in [0.15, 0.2) is 0 Å². The molecule has 0 aliphatic heterocycles. The summed E-state index contributed by atoms with van der Waals surface area (Å²) < 4.78 is 0. The number of aromatic nitrogens is 1. The second-order valence-electron chi connectivity index (χ2n) is 0.885. The molecule has 0 aliphatic carbocycles. The fourth-order valence-electron chi connectivity index (χ4n) is 0.278. The minimum Gasteiger partial charge on any atom is -2.00 e. The minimum atomic E-state index is 0. The molecule has 0 saturated heterocycles. The van der Waals surface area contributed by atoms with E-state index in [1.807, 2.05) is 24.5 Å². The molecule has 0 aromatic carbocycles. The Kier molecular flexibility index (Phi) is 19.6. The van der Waals surface area contributed by atoms with E-state index in [0.29, 0.717) is 0 Å². The van der Waals surface area contributed by atoms with Gasteiger partial charge in [-0.1, -0.05) is 0 Å². The van der Waals surface area contributed by atoms with Crippen LogP contribution < -0.4 is 0 Å². The van der Waals surface area contributed by atoms with Crippen LogP contribution in [0.5, 0.6) is 0 Å². The molecule has 1 aromatic heterocycles. The van der Waals surface area contributed by atoms with Gasteiger partial charge in [0, 0.05) is 12.4 Å². The van der Waals surface area contributed by atoms with Crippen molar-refractivity contribution in [2.45, 2.75) is 0 Å². The first kappa shape index (κ1) is 15.7. The van der Waals surface area contributed by atoms with Crippen molar-refractivity contribution >= 4 is 0 Å². The topological polar surface area (TPSA) is 72.8 Å². The van der Waals surface area contributed by atoms with E-state index in [4.69, 9.17) is 0 Å². The van der Waals surface area contributed by atoms with E-state index >= 15 is 0 Å². The van der Waals surface area contributed by atoms with Crippen LogP contribution in [0.1, 0.15) is 0 Å². The van der Waals surface area contributed by atoms with Crippen LogP contribution in [-0.4, -0.2) is 4.98 Å². The maximum atomic E-state index is 2.86. The average Bonchev–Trinajstić information content (AvgIpc) is 1.76. The number of rotatable bonds is 0. The van der Waals surface area contributed by atoms with Crippen molar-refractivity contribution in [3.05, 3.63) is 24.5 Å². The van der Waals surface area contributed by atoms with Crippen LogP contribution in [0.4, 0.5) is 0 Å². The van der Waals surface area contributed by atoms with Crippen LogP contribution in [0.25, 0.3) is 0 Å². The van der Waals surface area contributed by atoms with Gasteiger partial charge < -0.3 is 15.9 Å². The SMILES string of the molecule is [O-2].[O-2].[Ti+4].c1cc[nH]c1. The molecular formula is C4H5NO2Ti. The molecule has 1 N–H and O–H groups in total. The van der Waals surface area contributed by atoms with Crippen molar-refractivity contribution in [1.29, 1.82) is 0 Å². The summed E-state index contributed by atoms with van der Waals surface area (Å²) in [6.45, 7) is 0. The van der Waals surface area contributed by atoms with Crippen LogP contribution in [-0.2, 0) is 32.7 Å². The molecule has 0 amide bonds. The van der Waals surface area contributed by atoms with Crippen LogP contribution >= 0.6 is 0 Å². The van der Waals surface area contributed by atoms with Crippen LogP contribution in [0.2, 0.25) is 0 Å². The Hall–Kier alpha value is -0.0857. The molecule has 0 atom stereocenters. The first-order chi connectivity index (χ1) is 2.50. The minimum absolute atomic E-state index is 0. The van der Waals surface area contributed by atoms with E-state index in [1.165, 1.54) is 0 Å². The molecule has 42 valence electrons. The number of hydrogen-bond donors (Lipinski definition) is 1. The maximum Gasteiger partial charge on any atom is 4.00 e. The third-order valence-corrected chi connectivity index (χ3v) is 0.496. The Morgan fingerprint density at radius 2 is 1.25 bits per heavy atom. The van der Waals surface area contributed by atoms with Crippen molar-refractivity contribution in [3.63, 3.8) is 0 Å². The van der Waals surface area contributed by atoms with Crippen molar-refractivity contribution in [2.75, 3.05) is 0 Å². The predicted octanol–water partition coefficient (Wildman–Crippen LogP) is 0.775. The first-order valence-corrected chi connectivity index (χ1v) is 1.58. The van der Waals surface area contributed by atoms with Crippen molar-refractivity contribution in [2.24, 2.45) is 0 Å². The monoisotopic (exact) mass is 147 g/mol. The zero-order valence-electron chi connectivity index (χ0n) is 4.13. The van der Waals surface area contributed by atoms with E-state index in [1.54, 1.807) is 0 Å². The second-order valence-corrected chi connectivity index (χ2v) is 0.885. The summed E-state index contributed by atoms with van der Waals surface area (Å²) in [6.07, 6.45) is 3.75. The van der Waals surface area contributed by atoms with Gasteiger partial charge in [0.1, 0.15) is 0 Å². The second kappa shape index (κ2) is 10.0. The molecule has 8 heavy (non-hydrogen) atoms. The zero-order valence-corrected chi connectivity index (χ0v) is 5.69. The molecule has 0 fully saturated rings. The quantitative estimate of drug-likeness (QED) is 0.526. The smallest absolute Gasteiger partial charge is 2.00 e. The first-order valence-electron chi connectivity index (χ1n) is 1.58. The van der Waals surface area contributed by atoms with Gasteiger partial charge in [-0.3, -0.25) is 0 Å². The van der Waals surface area contributed by atoms with E-state index in [-0.39, 0.29) is 32.7 Å². The fourth-order valence-corrected chi connectivity index (χ4v) is 0.278. The molecular weight excluding hydrogens is 142 g/mol. The summed E-state index contributed by atoms with van der Waals surface area (Å²) in [5, 5.41) is 0. The summed E-state index contributed by atoms with van der Waals surface area (Å²) in [5.74, 6) is 0. The molecule has 0 bridgehead atoms. The maximum absolute atomic E-state index is 2.86. The number of H-pyrrole nitrogens is 1. The van der Waals surface area contributed by atoms with E-state index in [0.717, 1.165) is 0 Å². The Morgan fingerprint density at radius 3 is 1.38 bits per heavy atom. The Labute approximate surface area is 62.6 Å². The number of nitrogens with one attached hydrogen (secondary N) is 1. The fraction of sp³-hybridized carbons (Fsp3) is 0. The zero-order chi connectivity index (χ0) is 3.54. The average molecular weight is 147 g/mol. The molecule has 3 nitrogen and oxygen atoms in total. The van der Waals surface area contributed by atoms with Gasteiger partial charge in [-0.15, -0.1) is 0 Å². The molecule has 0 saturated carbocycles. The van der Waals surface area contributed by atoms with Crippen LogP contribution in [0, 0.1) is 0 Å². The van der Waals surface area contributed by atoms with Gasteiger partial charge >= 0.3 is 21.7 Å². The summed E-state index contributed by atoms with van der Waals surface area (Å²) in [4.78, 5) is 2.86. The van der Waals surface area contributed by atoms with Crippen LogP contribution in [0.15, 0.2) is 24.5 Å². The van der Waals surface area contributed by atoms with Crippen LogP contribution in [0.3, 0.4) is 0 Å². The van der Waals surface area contributed by atoms with Crippen molar-refractivity contribution in [1.82, 2.24) is 4.98 Å². The summed E-state index contributed by atoms with van der Waals surface area (Å²) in [5.41, 5.74) is 0. The van der Waals surface area contributed by atoms with Gasteiger partial charge in [0.05, 0.1) is 0 Å². The number of aromatic amines is 1. The predicted molar refractivity (Wildman–Crippen MR) is 22.2 cm³/mol. The van der Waals surface area contributed by atoms with Gasteiger partial charge in [-0.25, -0.2) is 0 Å². The molecule has 0 radical (unpaired) electrons. The van der Waals surface area contributed by atoms with Gasteiger partial charge in [0.2, 0.25) is 0 Å². The van der Waals surface area contributed by atoms with Gasteiger partial charge in [0.25, 0.3) is 0 Å². The molecule has 4 heteroatoms. The molecule has 0 aliphatic rings. The van der Waals surface area contributed by atoms with E-state index in [9.17, 15) is 0 Å². The Morgan fingerprint density at radius 1 is 0.875 bits per heavy atom. The Bertz CT molecular complexity index is 70.5. The third kappa shape index (κ3) is 5.91. The normalized spacial score (nSPS) is 5.00. The molecule has 0 unspecified atom stereocenters. The van der Waals surface area contributed by atoms with Crippen molar-refractivity contribution < 1.29 is 32.7 Å². The molecule has 1 aromatic rings. The number of hydrogen-bond acceptors (Lipinski definition) is 0.